The molecule has 2 fully saturated rings. The quantitative estimate of drug-likeness (QED) is 0.538. The summed E-state index contributed by atoms with van der Waals surface area (Å²) in [5.41, 5.74) is 0.764. The molecule has 2 aliphatic rings. The van der Waals surface area contributed by atoms with Crippen LogP contribution in [0.1, 0.15) is 43.7 Å². The molecule has 160 valence electrons. The van der Waals surface area contributed by atoms with Gasteiger partial charge in [-0.2, -0.15) is 13.2 Å². The van der Waals surface area contributed by atoms with Gasteiger partial charge < -0.3 is 9.88 Å². The van der Waals surface area contributed by atoms with E-state index in [1.165, 1.54) is 12.3 Å². The van der Waals surface area contributed by atoms with Gasteiger partial charge in [0.1, 0.15) is 0 Å². The van der Waals surface area contributed by atoms with Gasteiger partial charge in [0, 0.05) is 34.9 Å². The summed E-state index contributed by atoms with van der Waals surface area (Å²) in [5.74, 6) is 0. The Balaban J connectivity index is 1.61. The normalized spacial score (nSPS) is 21.3. The van der Waals surface area contributed by atoms with E-state index in [4.69, 9.17) is 0 Å². The van der Waals surface area contributed by atoms with Crippen molar-refractivity contribution >= 4 is 28.0 Å². The number of nitrogens with zero attached hydrogens (tertiary/aromatic N) is 2. The summed E-state index contributed by atoms with van der Waals surface area (Å²) in [5, 5.41) is 0.480. The minimum atomic E-state index is -4.53. The van der Waals surface area contributed by atoms with Crippen LogP contribution in [-0.2, 0) is 6.18 Å². The summed E-state index contributed by atoms with van der Waals surface area (Å²) in [6, 6.07) is 12.0. The van der Waals surface area contributed by atoms with Crippen LogP contribution in [-0.4, -0.2) is 22.8 Å². The van der Waals surface area contributed by atoms with Gasteiger partial charge >= 0.3 is 6.18 Å². The van der Waals surface area contributed by atoms with Gasteiger partial charge in [-0.05, 0) is 62.9 Å². The first-order chi connectivity index (χ1) is 14.8. The molecule has 4 nitrogen and oxygen atoms in total. The standard InChI is InChI=1S/C24H22F3N3O/c1-14(19-13-28-21-5-3-2-4-18(21)23(19)31)29-22-12-17(10-11-20(22)24(25,26)27)30-15-6-7-16(30)9-8-15/h2-5,10-13,15-16H,6-9H2,1H3,(H,28,31). The molecule has 3 heterocycles. The predicted molar refractivity (Wildman–Crippen MR) is 116 cm³/mol. The molecule has 0 aliphatic carbocycles. The molecule has 0 unspecified atom stereocenters. The highest BCUT2D eigenvalue weighted by atomic mass is 19.4. The topological polar surface area (TPSA) is 48.5 Å². The third-order valence-corrected chi connectivity index (χ3v) is 6.50. The predicted octanol–water partition coefficient (Wildman–Crippen LogP) is 5.82. The summed E-state index contributed by atoms with van der Waals surface area (Å²) in [6.45, 7) is 1.58. The van der Waals surface area contributed by atoms with Gasteiger partial charge in [0.05, 0.1) is 22.5 Å². The molecule has 3 aromatic rings. The Kier molecular flexibility index (Phi) is 4.64. The number of benzene rings is 2. The maximum atomic E-state index is 13.7. The van der Waals surface area contributed by atoms with Gasteiger partial charge in [-0.1, -0.05) is 12.1 Å². The largest absolute Gasteiger partial charge is 0.418 e. The van der Waals surface area contributed by atoms with Crippen molar-refractivity contribution < 1.29 is 13.2 Å². The molecule has 2 saturated heterocycles. The number of halogens is 3. The van der Waals surface area contributed by atoms with Crippen LogP contribution in [0.5, 0.6) is 0 Å². The van der Waals surface area contributed by atoms with Crippen LogP contribution in [0.3, 0.4) is 0 Å². The average Bonchev–Trinajstić information content (AvgIpc) is 3.34. The highest BCUT2D eigenvalue weighted by Gasteiger charge is 2.40. The van der Waals surface area contributed by atoms with Crippen LogP contribution >= 0.6 is 0 Å². The van der Waals surface area contributed by atoms with Gasteiger partial charge in [-0.25, -0.2) is 0 Å². The number of alkyl halides is 3. The van der Waals surface area contributed by atoms with E-state index in [0.29, 0.717) is 23.0 Å². The number of fused-ring (bicyclic) bond motifs is 3. The zero-order valence-corrected chi connectivity index (χ0v) is 17.0. The second-order valence-electron chi connectivity index (χ2n) is 8.34. The molecule has 5 rings (SSSR count). The number of aromatic nitrogens is 1. The number of anilines is 1. The number of aromatic amines is 1. The fraction of sp³-hybridized carbons (Fsp3) is 0.333. The lowest BCUT2D eigenvalue weighted by Gasteiger charge is -2.25. The van der Waals surface area contributed by atoms with Gasteiger partial charge in [-0.3, -0.25) is 9.79 Å². The lowest BCUT2D eigenvalue weighted by atomic mass is 10.0. The molecule has 2 aromatic carbocycles. The number of nitrogens with one attached hydrogen (secondary N) is 1. The average molecular weight is 425 g/mol. The van der Waals surface area contributed by atoms with Crippen molar-refractivity contribution in [3.05, 3.63) is 70.0 Å². The Labute approximate surface area is 177 Å². The summed E-state index contributed by atoms with van der Waals surface area (Å²) >= 11 is 0. The molecule has 7 heteroatoms. The first-order valence-electron chi connectivity index (χ1n) is 10.5. The highest BCUT2D eigenvalue weighted by Crippen LogP contribution is 2.44. The first-order valence-corrected chi connectivity index (χ1v) is 10.5. The molecule has 0 atom stereocenters. The minimum absolute atomic E-state index is 0.152. The van der Waals surface area contributed by atoms with Crippen molar-refractivity contribution in [2.75, 3.05) is 4.90 Å². The summed E-state index contributed by atoms with van der Waals surface area (Å²) in [4.78, 5) is 22.5. The molecule has 0 saturated carbocycles. The number of hydrogen-bond donors (Lipinski definition) is 1. The van der Waals surface area contributed by atoms with Crippen molar-refractivity contribution in [1.82, 2.24) is 4.98 Å². The molecule has 0 spiro atoms. The second-order valence-corrected chi connectivity index (χ2v) is 8.34. The Hall–Kier alpha value is -3.09. The Morgan fingerprint density at radius 3 is 2.42 bits per heavy atom. The molecule has 0 radical (unpaired) electrons. The Morgan fingerprint density at radius 2 is 1.74 bits per heavy atom. The second kappa shape index (κ2) is 7.25. The number of para-hydroxylation sites is 1. The van der Waals surface area contributed by atoms with Crippen LogP contribution in [0.2, 0.25) is 0 Å². The summed E-state index contributed by atoms with van der Waals surface area (Å²) in [6.07, 6.45) is 1.30. The number of aliphatic imine (C=N–C) groups is 1. The fourth-order valence-electron chi connectivity index (χ4n) is 5.02. The third kappa shape index (κ3) is 3.42. The smallest absolute Gasteiger partial charge is 0.365 e. The van der Waals surface area contributed by atoms with Crippen molar-refractivity contribution in [2.24, 2.45) is 4.99 Å². The molecule has 2 aliphatic heterocycles. The molecular weight excluding hydrogens is 403 g/mol. The summed E-state index contributed by atoms with van der Waals surface area (Å²) < 4.78 is 41.1. The lowest BCUT2D eigenvalue weighted by Crippen LogP contribution is -2.28. The molecule has 31 heavy (non-hydrogen) atoms. The van der Waals surface area contributed by atoms with Crippen molar-refractivity contribution in [3.8, 4) is 0 Å². The van der Waals surface area contributed by atoms with Crippen LogP contribution in [0.15, 0.2) is 58.4 Å². The Bertz CT molecular complexity index is 1220. The molecule has 1 aromatic heterocycles. The van der Waals surface area contributed by atoms with E-state index in [0.717, 1.165) is 37.4 Å². The van der Waals surface area contributed by atoms with Crippen LogP contribution in [0.25, 0.3) is 10.9 Å². The van der Waals surface area contributed by atoms with Crippen LogP contribution in [0.4, 0.5) is 24.5 Å². The number of H-pyrrole nitrogens is 1. The maximum absolute atomic E-state index is 13.7. The van der Waals surface area contributed by atoms with Crippen LogP contribution < -0.4 is 10.3 Å². The highest BCUT2D eigenvalue weighted by molar-refractivity contribution is 6.02. The summed E-state index contributed by atoms with van der Waals surface area (Å²) in [7, 11) is 0. The zero-order valence-electron chi connectivity index (χ0n) is 17.0. The van der Waals surface area contributed by atoms with Gasteiger partial charge in [0.25, 0.3) is 0 Å². The maximum Gasteiger partial charge on any atom is 0.418 e. The van der Waals surface area contributed by atoms with E-state index in [2.05, 4.69) is 14.9 Å². The fourth-order valence-corrected chi connectivity index (χ4v) is 5.02. The number of pyridine rings is 1. The minimum Gasteiger partial charge on any atom is -0.365 e. The van der Waals surface area contributed by atoms with Crippen molar-refractivity contribution in [3.63, 3.8) is 0 Å². The van der Waals surface area contributed by atoms with E-state index < -0.39 is 11.7 Å². The van der Waals surface area contributed by atoms with Gasteiger partial charge in [0.2, 0.25) is 0 Å². The van der Waals surface area contributed by atoms with E-state index in [9.17, 15) is 18.0 Å². The third-order valence-electron chi connectivity index (χ3n) is 6.50. The first kappa shape index (κ1) is 19.8. The molecule has 1 N–H and O–H groups in total. The molecular formula is C24H22F3N3O. The monoisotopic (exact) mass is 425 g/mol. The number of hydrogen-bond acceptors (Lipinski definition) is 3. The van der Waals surface area contributed by atoms with E-state index in [-0.39, 0.29) is 22.4 Å². The number of rotatable bonds is 3. The van der Waals surface area contributed by atoms with Crippen molar-refractivity contribution in [2.45, 2.75) is 50.9 Å². The van der Waals surface area contributed by atoms with Gasteiger partial charge in [0.15, 0.2) is 5.43 Å². The SMILES string of the molecule is CC(=Nc1cc(N2C3CCC2CC3)ccc1C(F)(F)F)c1c[nH]c2ccccc2c1=O. The van der Waals surface area contributed by atoms with Crippen LogP contribution in [0, 0.1) is 0 Å². The van der Waals surface area contributed by atoms with E-state index in [1.54, 1.807) is 31.2 Å². The zero-order chi connectivity index (χ0) is 21.8. The van der Waals surface area contributed by atoms with Crippen molar-refractivity contribution in [1.29, 1.82) is 0 Å². The van der Waals surface area contributed by atoms with E-state index >= 15 is 0 Å². The van der Waals surface area contributed by atoms with E-state index in [1.807, 2.05) is 6.07 Å². The Morgan fingerprint density at radius 1 is 1.06 bits per heavy atom. The van der Waals surface area contributed by atoms with Gasteiger partial charge in [-0.15, -0.1) is 0 Å². The lowest BCUT2D eigenvalue weighted by molar-refractivity contribution is -0.137. The molecule has 0 amide bonds. The molecule has 2 bridgehead atoms.